The molecule has 0 amide bonds. The van der Waals surface area contributed by atoms with Gasteiger partial charge in [-0.2, -0.15) is 0 Å². The molecule has 0 spiro atoms. The average Bonchev–Trinajstić information content (AvgIpc) is 2.32. The van der Waals surface area contributed by atoms with Crippen LogP contribution in [0.3, 0.4) is 0 Å². The maximum Gasteiger partial charge on any atom is 0.508 e. The number of hydrogen-bond acceptors (Lipinski definition) is 3. The molecule has 101 valence electrons. The normalized spacial score (nSPS) is 16.9. The van der Waals surface area contributed by atoms with Crippen LogP contribution in [0.25, 0.3) is 0 Å². The van der Waals surface area contributed by atoms with Crippen molar-refractivity contribution in [2.24, 2.45) is 0 Å². The minimum atomic E-state index is -0.494. The molecule has 0 heterocycles. The van der Waals surface area contributed by atoms with E-state index in [2.05, 4.69) is 0 Å². The van der Waals surface area contributed by atoms with E-state index in [9.17, 15) is 4.79 Å². The zero-order chi connectivity index (χ0) is 12.4. The molecule has 0 aromatic carbocycles. The Labute approximate surface area is 118 Å². The number of ether oxygens (including phenoxy) is 2. The molecule has 0 aliphatic heterocycles. The van der Waals surface area contributed by atoms with Crippen molar-refractivity contribution in [2.75, 3.05) is 0 Å². The Balaban J connectivity index is 0. The van der Waals surface area contributed by atoms with E-state index in [4.69, 9.17) is 9.47 Å². The fourth-order valence-electron chi connectivity index (χ4n) is 1.59. The largest absolute Gasteiger partial charge is 0.508 e. The van der Waals surface area contributed by atoms with Gasteiger partial charge in [0.2, 0.25) is 0 Å². The van der Waals surface area contributed by atoms with Crippen LogP contribution in [0, 0.1) is 0 Å². The van der Waals surface area contributed by atoms with Gasteiger partial charge in [0.1, 0.15) is 12.2 Å². The summed E-state index contributed by atoms with van der Waals surface area (Å²) in [5.74, 6) is 0. The Kier molecular flexibility index (Phi) is 13.9. The summed E-state index contributed by atoms with van der Waals surface area (Å²) in [6.45, 7) is 7.86. The molecule has 17 heavy (non-hydrogen) atoms. The molecule has 1 rings (SSSR count). The molecule has 0 bridgehead atoms. The van der Waals surface area contributed by atoms with Crippen molar-refractivity contribution < 1.29 is 32.8 Å². The van der Waals surface area contributed by atoms with Crippen molar-refractivity contribution in [1.82, 2.24) is 0 Å². The average molecular weight is 281 g/mol. The maximum atomic E-state index is 11.2. The van der Waals surface area contributed by atoms with E-state index in [1.54, 1.807) is 0 Å². The summed E-state index contributed by atoms with van der Waals surface area (Å²) in [4.78, 5) is 11.2. The van der Waals surface area contributed by atoms with Crippen LogP contribution in [0.4, 0.5) is 4.79 Å². The van der Waals surface area contributed by atoms with Crippen molar-refractivity contribution in [1.29, 1.82) is 0 Å². The third kappa shape index (κ3) is 9.55. The number of carbonyl (C=O) groups is 1. The van der Waals surface area contributed by atoms with Crippen molar-refractivity contribution in [3.63, 3.8) is 0 Å². The van der Waals surface area contributed by atoms with Crippen LogP contribution < -0.4 is 0 Å². The van der Waals surface area contributed by atoms with Crippen LogP contribution in [0.5, 0.6) is 0 Å². The van der Waals surface area contributed by atoms with Crippen molar-refractivity contribution >= 4 is 6.16 Å². The molecule has 0 aromatic rings. The van der Waals surface area contributed by atoms with Crippen LogP contribution in [-0.4, -0.2) is 18.4 Å². The summed E-state index contributed by atoms with van der Waals surface area (Å²) in [7, 11) is 0. The van der Waals surface area contributed by atoms with Crippen LogP contribution in [0.1, 0.15) is 66.2 Å². The summed E-state index contributed by atoms with van der Waals surface area (Å²) in [6.07, 6.45) is 5.99. The Bertz CT molecular complexity index is 180. The monoisotopic (exact) mass is 281 g/mol. The van der Waals surface area contributed by atoms with Crippen molar-refractivity contribution in [3.05, 3.63) is 0 Å². The summed E-state index contributed by atoms with van der Waals surface area (Å²) in [6, 6.07) is 0. The second kappa shape index (κ2) is 12.3. The minimum Gasteiger partial charge on any atom is -0.431 e. The predicted octanol–water partition coefficient (Wildman–Crippen LogP) is 4.29. The van der Waals surface area contributed by atoms with Crippen molar-refractivity contribution in [2.45, 2.75) is 78.4 Å². The Hall–Kier alpha value is -0.146. The molecule has 1 atom stereocenters. The topological polar surface area (TPSA) is 35.5 Å². The Morgan fingerprint density at radius 1 is 1.24 bits per heavy atom. The Morgan fingerprint density at radius 3 is 2.24 bits per heavy atom. The van der Waals surface area contributed by atoms with Crippen LogP contribution in [0.2, 0.25) is 0 Å². The summed E-state index contributed by atoms with van der Waals surface area (Å²) in [5.41, 5.74) is 0. The van der Waals surface area contributed by atoms with Gasteiger partial charge in [-0.1, -0.05) is 27.2 Å². The van der Waals surface area contributed by atoms with Crippen LogP contribution in [-0.2, 0) is 28.0 Å². The first-order chi connectivity index (χ1) is 7.72. The second-order valence-electron chi connectivity index (χ2n) is 3.96. The molecular formula is C13H26O3V. The molecule has 1 radical (unpaired) electrons. The number of hydrogen-bond donors (Lipinski definition) is 0. The maximum absolute atomic E-state index is 11.2. The van der Waals surface area contributed by atoms with Crippen LogP contribution in [0.15, 0.2) is 0 Å². The SMILES string of the molecule is CC.CCC(C)OC(=O)OC1CCCCC1.[V]. The quantitative estimate of drug-likeness (QED) is 0.724. The third-order valence-electron chi connectivity index (χ3n) is 2.69. The van der Waals surface area contributed by atoms with Gasteiger partial charge in [0.25, 0.3) is 0 Å². The summed E-state index contributed by atoms with van der Waals surface area (Å²) >= 11 is 0. The Morgan fingerprint density at radius 2 is 1.76 bits per heavy atom. The standard InChI is InChI=1S/C11H20O3.C2H6.V/c1-3-9(2)13-11(12)14-10-7-5-4-6-8-10;1-2;/h9-10H,3-8H2,1-2H3;1-2H3;. The van der Waals surface area contributed by atoms with E-state index in [-0.39, 0.29) is 30.8 Å². The molecule has 0 N–H and O–H groups in total. The fourth-order valence-corrected chi connectivity index (χ4v) is 1.59. The molecule has 1 aliphatic carbocycles. The number of rotatable bonds is 3. The first kappa shape index (κ1) is 19.2. The number of carbonyl (C=O) groups excluding carboxylic acids is 1. The zero-order valence-electron chi connectivity index (χ0n) is 11.6. The van der Waals surface area contributed by atoms with E-state index < -0.39 is 6.16 Å². The van der Waals surface area contributed by atoms with Crippen molar-refractivity contribution in [3.8, 4) is 0 Å². The molecule has 1 fully saturated rings. The fraction of sp³-hybridized carbons (Fsp3) is 0.923. The first-order valence-corrected chi connectivity index (χ1v) is 6.59. The van der Waals surface area contributed by atoms with Crippen LogP contribution >= 0.6 is 0 Å². The molecule has 3 nitrogen and oxygen atoms in total. The molecule has 0 saturated heterocycles. The summed E-state index contributed by atoms with van der Waals surface area (Å²) in [5, 5.41) is 0. The van der Waals surface area contributed by atoms with Gasteiger partial charge in [0, 0.05) is 18.6 Å². The second-order valence-corrected chi connectivity index (χ2v) is 3.96. The molecule has 1 saturated carbocycles. The minimum absolute atomic E-state index is 0. The van der Waals surface area contributed by atoms with E-state index in [0.717, 1.165) is 19.3 Å². The van der Waals surface area contributed by atoms with Gasteiger partial charge in [-0.15, -0.1) is 0 Å². The van der Waals surface area contributed by atoms with Gasteiger partial charge in [0.15, 0.2) is 0 Å². The molecule has 1 aliphatic rings. The molecule has 4 heteroatoms. The zero-order valence-corrected chi connectivity index (χ0v) is 13.0. The predicted molar refractivity (Wildman–Crippen MR) is 65.5 cm³/mol. The third-order valence-corrected chi connectivity index (χ3v) is 2.69. The summed E-state index contributed by atoms with van der Waals surface area (Å²) < 4.78 is 10.2. The molecule has 1 unspecified atom stereocenters. The van der Waals surface area contributed by atoms with Gasteiger partial charge in [-0.25, -0.2) is 4.79 Å². The smallest absolute Gasteiger partial charge is 0.431 e. The van der Waals surface area contributed by atoms with E-state index in [1.807, 2.05) is 27.7 Å². The van der Waals surface area contributed by atoms with Gasteiger partial charge >= 0.3 is 6.16 Å². The first-order valence-electron chi connectivity index (χ1n) is 6.59. The van der Waals surface area contributed by atoms with E-state index >= 15 is 0 Å². The van der Waals surface area contributed by atoms with Gasteiger partial charge < -0.3 is 9.47 Å². The van der Waals surface area contributed by atoms with Gasteiger partial charge in [-0.05, 0) is 39.0 Å². The van der Waals surface area contributed by atoms with E-state index in [0.29, 0.717) is 0 Å². The van der Waals surface area contributed by atoms with Gasteiger partial charge in [0.05, 0.1) is 0 Å². The molecular weight excluding hydrogens is 255 g/mol. The van der Waals surface area contributed by atoms with Gasteiger partial charge in [-0.3, -0.25) is 0 Å². The van der Waals surface area contributed by atoms with E-state index in [1.165, 1.54) is 19.3 Å². The molecule has 0 aromatic heterocycles.